The number of rotatable bonds is 2. The van der Waals surface area contributed by atoms with Gasteiger partial charge in [-0.25, -0.2) is 0 Å². The lowest BCUT2D eigenvalue weighted by Crippen LogP contribution is -2.06. The maximum absolute atomic E-state index is 6.09. The highest BCUT2D eigenvalue weighted by Gasteiger charge is 2.24. The topological polar surface area (TPSA) is 12.0 Å². The number of para-hydroxylation sites is 1. The van der Waals surface area contributed by atoms with Crippen molar-refractivity contribution < 1.29 is 0 Å². The quantitative estimate of drug-likeness (QED) is 0.794. The van der Waals surface area contributed by atoms with E-state index in [1.165, 1.54) is 22.4 Å². The van der Waals surface area contributed by atoms with E-state index in [-0.39, 0.29) is 0 Å². The molecule has 19 heavy (non-hydrogen) atoms. The second kappa shape index (κ2) is 4.90. The van der Waals surface area contributed by atoms with Crippen LogP contribution in [0.5, 0.6) is 0 Å². The van der Waals surface area contributed by atoms with Crippen molar-refractivity contribution in [3.63, 3.8) is 0 Å². The normalized spacial score (nSPS) is 17.4. The SMILES string of the molecule is CC(C)c1cccc2c1NC(c1cccc(Cl)c1)C2. The summed E-state index contributed by atoms with van der Waals surface area (Å²) in [7, 11) is 0. The van der Waals surface area contributed by atoms with Crippen molar-refractivity contribution in [2.24, 2.45) is 0 Å². The van der Waals surface area contributed by atoms with Crippen molar-refractivity contribution in [3.8, 4) is 0 Å². The molecule has 0 fully saturated rings. The molecule has 0 bridgehead atoms. The molecule has 0 radical (unpaired) electrons. The zero-order valence-corrected chi connectivity index (χ0v) is 12.0. The van der Waals surface area contributed by atoms with E-state index >= 15 is 0 Å². The minimum atomic E-state index is 0.341. The van der Waals surface area contributed by atoms with Crippen molar-refractivity contribution in [3.05, 3.63) is 64.2 Å². The van der Waals surface area contributed by atoms with Gasteiger partial charge in [0.2, 0.25) is 0 Å². The molecule has 2 aromatic rings. The van der Waals surface area contributed by atoms with Crippen LogP contribution in [0.15, 0.2) is 42.5 Å². The Bertz CT molecular complexity index is 604. The zero-order valence-electron chi connectivity index (χ0n) is 11.3. The number of nitrogens with one attached hydrogen (secondary N) is 1. The Kier molecular flexibility index (Phi) is 3.24. The molecule has 0 saturated heterocycles. The van der Waals surface area contributed by atoms with E-state index in [4.69, 9.17) is 11.6 Å². The Morgan fingerprint density at radius 2 is 1.95 bits per heavy atom. The number of fused-ring (bicyclic) bond motifs is 1. The third-order valence-electron chi connectivity index (χ3n) is 3.80. The summed E-state index contributed by atoms with van der Waals surface area (Å²) >= 11 is 6.09. The predicted molar refractivity (Wildman–Crippen MR) is 82.1 cm³/mol. The minimum Gasteiger partial charge on any atom is -0.377 e. The standard InChI is InChI=1S/C17H18ClN/c1-11(2)15-8-4-6-13-10-16(19-17(13)15)12-5-3-7-14(18)9-12/h3-9,11,16,19H,10H2,1-2H3. The monoisotopic (exact) mass is 271 g/mol. The minimum absolute atomic E-state index is 0.341. The van der Waals surface area contributed by atoms with Crippen LogP contribution in [0.25, 0.3) is 0 Å². The van der Waals surface area contributed by atoms with Gasteiger partial charge >= 0.3 is 0 Å². The molecule has 1 unspecified atom stereocenters. The Hall–Kier alpha value is -1.47. The van der Waals surface area contributed by atoms with Crippen LogP contribution in [-0.2, 0) is 6.42 Å². The molecule has 0 aromatic heterocycles. The van der Waals surface area contributed by atoms with Gasteiger partial charge in [0.05, 0.1) is 6.04 Å². The van der Waals surface area contributed by atoms with Crippen LogP contribution < -0.4 is 5.32 Å². The van der Waals surface area contributed by atoms with Gasteiger partial charge in [0, 0.05) is 10.7 Å². The Morgan fingerprint density at radius 1 is 1.16 bits per heavy atom. The first-order valence-corrected chi connectivity index (χ1v) is 7.16. The van der Waals surface area contributed by atoms with Crippen LogP contribution >= 0.6 is 11.6 Å². The average Bonchev–Trinajstić information content (AvgIpc) is 2.82. The summed E-state index contributed by atoms with van der Waals surface area (Å²) in [5, 5.41) is 4.47. The first-order chi connectivity index (χ1) is 9.15. The van der Waals surface area contributed by atoms with E-state index in [1.807, 2.05) is 12.1 Å². The molecule has 2 aromatic carbocycles. The average molecular weight is 272 g/mol. The number of benzene rings is 2. The highest BCUT2D eigenvalue weighted by molar-refractivity contribution is 6.30. The van der Waals surface area contributed by atoms with E-state index in [1.54, 1.807) is 0 Å². The largest absolute Gasteiger partial charge is 0.377 e. The lowest BCUT2D eigenvalue weighted by atomic mass is 9.97. The van der Waals surface area contributed by atoms with Crippen LogP contribution in [0.4, 0.5) is 5.69 Å². The maximum Gasteiger partial charge on any atom is 0.0555 e. The summed E-state index contributed by atoms with van der Waals surface area (Å²) in [6, 6.07) is 15.1. The second-order valence-electron chi connectivity index (χ2n) is 5.49. The van der Waals surface area contributed by atoms with Gasteiger partial charge in [-0.05, 0) is 41.2 Å². The molecule has 1 nitrogen and oxygen atoms in total. The zero-order chi connectivity index (χ0) is 13.4. The van der Waals surface area contributed by atoms with E-state index < -0.39 is 0 Å². The van der Waals surface area contributed by atoms with Gasteiger partial charge in [-0.1, -0.05) is 55.8 Å². The molecule has 1 atom stereocenters. The number of anilines is 1. The molecule has 3 rings (SSSR count). The molecule has 0 saturated carbocycles. The number of hydrogen-bond acceptors (Lipinski definition) is 1. The molecule has 2 heteroatoms. The molecule has 0 aliphatic carbocycles. The highest BCUT2D eigenvalue weighted by atomic mass is 35.5. The first-order valence-electron chi connectivity index (χ1n) is 6.79. The summed E-state index contributed by atoms with van der Waals surface area (Å²) in [6.45, 7) is 4.48. The van der Waals surface area contributed by atoms with Crippen molar-refractivity contribution in [2.75, 3.05) is 5.32 Å². The summed E-state index contributed by atoms with van der Waals surface area (Å²) in [6.07, 6.45) is 1.04. The third-order valence-corrected chi connectivity index (χ3v) is 4.03. The molecule has 0 spiro atoms. The van der Waals surface area contributed by atoms with Crippen LogP contribution in [0.1, 0.15) is 42.5 Å². The van der Waals surface area contributed by atoms with Gasteiger partial charge < -0.3 is 5.32 Å². The Morgan fingerprint density at radius 3 is 2.68 bits per heavy atom. The predicted octanol–water partition coefficient (Wildman–Crippen LogP) is 5.17. The molecule has 1 heterocycles. The van der Waals surface area contributed by atoms with Crippen molar-refractivity contribution in [1.29, 1.82) is 0 Å². The van der Waals surface area contributed by atoms with Crippen molar-refractivity contribution in [1.82, 2.24) is 0 Å². The molecule has 1 aliphatic rings. The van der Waals surface area contributed by atoms with E-state index in [9.17, 15) is 0 Å². The van der Waals surface area contributed by atoms with Gasteiger partial charge in [0.1, 0.15) is 0 Å². The summed E-state index contributed by atoms with van der Waals surface area (Å²) in [5.41, 5.74) is 5.40. The van der Waals surface area contributed by atoms with Crippen LogP contribution in [0.3, 0.4) is 0 Å². The van der Waals surface area contributed by atoms with E-state index in [0.29, 0.717) is 12.0 Å². The summed E-state index contributed by atoms with van der Waals surface area (Å²) in [4.78, 5) is 0. The molecular weight excluding hydrogens is 254 g/mol. The Labute approximate surface area is 119 Å². The van der Waals surface area contributed by atoms with E-state index in [2.05, 4.69) is 49.5 Å². The van der Waals surface area contributed by atoms with Gasteiger partial charge in [-0.2, -0.15) is 0 Å². The highest BCUT2D eigenvalue weighted by Crippen LogP contribution is 2.39. The van der Waals surface area contributed by atoms with Gasteiger partial charge in [0.25, 0.3) is 0 Å². The fourth-order valence-corrected chi connectivity index (χ4v) is 3.02. The number of halogens is 1. The molecule has 1 N–H and O–H groups in total. The maximum atomic E-state index is 6.09. The van der Waals surface area contributed by atoms with Gasteiger partial charge in [-0.15, -0.1) is 0 Å². The fourth-order valence-electron chi connectivity index (χ4n) is 2.82. The van der Waals surface area contributed by atoms with E-state index in [0.717, 1.165) is 11.4 Å². The van der Waals surface area contributed by atoms with Gasteiger partial charge in [-0.3, -0.25) is 0 Å². The summed E-state index contributed by atoms with van der Waals surface area (Å²) in [5.74, 6) is 0.542. The van der Waals surface area contributed by atoms with Crippen LogP contribution in [0.2, 0.25) is 5.02 Å². The first kappa shape index (κ1) is 12.6. The molecule has 0 amide bonds. The smallest absolute Gasteiger partial charge is 0.0555 e. The Balaban J connectivity index is 1.94. The molecule has 98 valence electrons. The van der Waals surface area contributed by atoms with Crippen LogP contribution in [-0.4, -0.2) is 0 Å². The molecule has 1 aliphatic heterocycles. The fraction of sp³-hybridized carbons (Fsp3) is 0.294. The number of hydrogen-bond donors (Lipinski definition) is 1. The molecular formula is C17H18ClN. The van der Waals surface area contributed by atoms with Crippen molar-refractivity contribution >= 4 is 17.3 Å². The summed E-state index contributed by atoms with van der Waals surface area (Å²) < 4.78 is 0. The van der Waals surface area contributed by atoms with Gasteiger partial charge in [0.15, 0.2) is 0 Å². The third kappa shape index (κ3) is 2.35. The lowest BCUT2D eigenvalue weighted by Gasteiger charge is -2.15. The second-order valence-corrected chi connectivity index (χ2v) is 5.93. The van der Waals surface area contributed by atoms with Crippen LogP contribution in [0, 0.1) is 0 Å². The van der Waals surface area contributed by atoms with Crippen molar-refractivity contribution in [2.45, 2.75) is 32.2 Å². The lowest BCUT2D eigenvalue weighted by molar-refractivity contribution is 0.821.